The summed E-state index contributed by atoms with van der Waals surface area (Å²) in [7, 11) is 0. The molecule has 0 aromatic heterocycles. The summed E-state index contributed by atoms with van der Waals surface area (Å²) >= 11 is -1.35. The van der Waals surface area contributed by atoms with E-state index in [4.69, 9.17) is 0 Å². The zero-order chi connectivity index (χ0) is 15.5. The monoisotopic (exact) mass is 405 g/mol. The van der Waals surface area contributed by atoms with Gasteiger partial charge in [-0.1, -0.05) is 0 Å². The Balaban J connectivity index is 1.83. The van der Waals surface area contributed by atoms with Gasteiger partial charge in [-0.25, -0.2) is 0 Å². The standard InChI is InChI=1S/C16H28IN3O/c1-15(2)11-17(12-16(3,4)20-15)19-14(21)10-18-13-8-6-5-7-9-13/h5-9,14,18-21H,10-12H2,1-4H3. The molecule has 0 radical (unpaired) electrons. The third-order valence-electron chi connectivity index (χ3n) is 3.22. The van der Waals surface area contributed by atoms with E-state index in [0.717, 1.165) is 5.69 Å². The number of hydrogen-bond acceptors (Lipinski definition) is 4. The third-order valence-corrected chi connectivity index (χ3v) is 10.5. The van der Waals surface area contributed by atoms with Crippen LogP contribution in [0.15, 0.2) is 30.3 Å². The first-order chi connectivity index (χ1) is 9.76. The summed E-state index contributed by atoms with van der Waals surface area (Å²) in [5, 5.41) is 17.2. The average Bonchev–Trinajstić information content (AvgIpc) is 2.33. The molecule has 1 atom stereocenters. The van der Waals surface area contributed by atoms with Gasteiger partial charge in [-0.15, -0.1) is 0 Å². The van der Waals surface area contributed by atoms with Crippen molar-refractivity contribution in [1.82, 2.24) is 8.85 Å². The Hall–Kier alpha value is -0.370. The predicted octanol–water partition coefficient (Wildman–Crippen LogP) is 2.59. The molecule has 120 valence electrons. The van der Waals surface area contributed by atoms with Crippen LogP contribution in [0, 0.1) is 0 Å². The minimum atomic E-state index is -1.35. The first-order valence-electron chi connectivity index (χ1n) is 7.40. The predicted molar refractivity (Wildman–Crippen MR) is 99.1 cm³/mol. The van der Waals surface area contributed by atoms with E-state index in [9.17, 15) is 5.11 Å². The van der Waals surface area contributed by atoms with Crippen LogP contribution >= 0.6 is 20.1 Å². The number of rotatable bonds is 5. The molecular formula is C16H28IN3O. The second-order valence-corrected chi connectivity index (χ2v) is 11.7. The van der Waals surface area contributed by atoms with E-state index in [1.54, 1.807) is 0 Å². The Morgan fingerprint density at radius 1 is 1.14 bits per heavy atom. The van der Waals surface area contributed by atoms with Crippen molar-refractivity contribution in [2.45, 2.75) is 45.0 Å². The molecular weight excluding hydrogens is 377 g/mol. The van der Waals surface area contributed by atoms with Crippen LogP contribution in [0.3, 0.4) is 0 Å². The molecule has 5 heteroatoms. The number of benzene rings is 1. The normalized spacial score (nSPS) is 23.6. The molecule has 21 heavy (non-hydrogen) atoms. The van der Waals surface area contributed by atoms with E-state index in [-0.39, 0.29) is 11.1 Å². The van der Waals surface area contributed by atoms with Gasteiger partial charge < -0.3 is 0 Å². The van der Waals surface area contributed by atoms with Gasteiger partial charge in [0.05, 0.1) is 0 Å². The minimum absolute atomic E-state index is 0.159. The molecule has 1 aromatic carbocycles. The number of aliphatic hydroxyl groups excluding tert-OH is 1. The van der Waals surface area contributed by atoms with E-state index < -0.39 is 26.3 Å². The van der Waals surface area contributed by atoms with Crippen molar-refractivity contribution < 1.29 is 5.11 Å². The zero-order valence-electron chi connectivity index (χ0n) is 13.4. The Kier molecular flexibility index (Phi) is 5.51. The molecule has 1 aliphatic rings. The number of para-hydroxylation sites is 1. The van der Waals surface area contributed by atoms with Crippen molar-refractivity contribution in [2.24, 2.45) is 0 Å². The van der Waals surface area contributed by atoms with Gasteiger partial charge in [-0.2, -0.15) is 0 Å². The Morgan fingerprint density at radius 2 is 1.71 bits per heavy atom. The Bertz CT molecular complexity index is 434. The fraction of sp³-hybridized carbons (Fsp3) is 0.625. The number of anilines is 1. The molecule has 1 fully saturated rings. The third kappa shape index (κ3) is 5.73. The van der Waals surface area contributed by atoms with Gasteiger partial charge in [0.1, 0.15) is 0 Å². The first kappa shape index (κ1) is 17.0. The number of hydrogen-bond donors (Lipinski definition) is 4. The van der Waals surface area contributed by atoms with Crippen molar-refractivity contribution >= 4 is 25.8 Å². The molecule has 1 aliphatic heterocycles. The summed E-state index contributed by atoms with van der Waals surface area (Å²) in [5.74, 6) is 0. The van der Waals surface area contributed by atoms with Gasteiger partial charge in [0, 0.05) is 0 Å². The van der Waals surface area contributed by atoms with Crippen LogP contribution in [-0.2, 0) is 0 Å². The van der Waals surface area contributed by atoms with Crippen molar-refractivity contribution in [3.05, 3.63) is 30.3 Å². The summed E-state index contributed by atoms with van der Waals surface area (Å²) in [6.07, 6.45) is -0.472. The molecule has 4 nitrogen and oxygen atoms in total. The topological polar surface area (TPSA) is 56.3 Å². The van der Waals surface area contributed by atoms with Crippen LogP contribution < -0.4 is 14.2 Å². The van der Waals surface area contributed by atoms with Gasteiger partial charge in [0.25, 0.3) is 0 Å². The van der Waals surface area contributed by atoms with Crippen LogP contribution in [-0.4, -0.2) is 37.8 Å². The number of alkyl halides is 2. The molecule has 0 amide bonds. The van der Waals surface area contributed by atoms with Crippen molar-refractivity contribution in [3.63, 3.8) is 0 Å². The molecule has 0 aliphatic carbocycles. The molecule has 0 saturated carbocycles. The maximum absolute atomic E-state index is 10.2. The molecule has 2 rings (SSSR count). The van der Waals surface area contributed by atoms with Gasteiger partial charge in [-0.3, -0.25) is 0 Å². The summed E-state index contributed by atoms with van der Waals surface area (Å²) < 4.78 is 5.85. The number of aliphatic hydroxyl groups is 1. The quantitative estimate of drug-likeness (QED) is 0.263. The summed E-state index contributed by atoms with van der Waals surface area (Å²) in [6, 6.07) is 10.0. The van der Waals surface area contributed by atoms with Crippen LogP contribution in [0.5, 0.6) is 0 Å². The molecule has 1 unspecified atom stereocenters. The Labute approximate surface area is 135 Å². The first-order valence-corrected chi connectivity index (χ1v) is 11.5. The molecule has 0 bridgehead atoms. The van der Waals surface area contributed by atoms with Gasteiger partial charge in [0.15, 0.2) is 0 Å². The van der Waals surface area contributed by atoms with Gasteiger partial charge >= 0.3 is 136 Å². The zero-order valence-corrected chi connectivity index (χ0v) is 15.6. The summed E-state index contributed by atoms with van der Waals surface area (Å²) in [6.45, 7) is 9.58. The molecule has 1 aromatic rings. The second-order valence-electron chi connectivity index (χ2n) is 6.99. The second kappa shape index (κ2) is 6.81. The van der Waals surface area contributed by atoms with Gasteiger partial charge in [-0.05, 0) is 0 Å². The summed E-state index contributed by atoms with van der Waals surface area (Å²) in [4.78, 5) is 0. The fourth-order valence-corrected chi connectivity index (χ4v) is 9.83. The van der Waals surface area contributed by atoms with Crippen LogP contribution in [0.2, 0.25) is 0 Å². The van der Waals surface area contributed by atoms with Crippen LogP contribution in [0.1, 0.15) is 27.7 Å². The maximum atomic E-state index is 10.2. The van der Waals surface area contributed by atoms with Gasteiger partial charge in [0.2, 0.25) is 0 Å². The molecule has 0 spiro atoms. The van der Waals surface area contributed by atoms with Crippen LogP contribution in [0.4, 0.5) is 5.69 Å². The SMILES string of the molecule is CC1(C)CI(NC(O)CNc2ccccc2)CC(C)(C)N1. The average molecular weight is 405 g/mol. The van der Waals surface area contributed by atoms with E-state index in [1.807, 2.05) is 30.3 Å². The number of nitrogens with one attached hydrogen (secondary N) is 3. The molecule has 1 saturated heterocycles. The Morgan fingerprint density at radius 3 is 2.29 bits per heavy atom. The molecule has 1 heterocycles. The molecule has 4 N–H and O–H groups in total. The van der Waals surface area contributed by atoms with Crippen molar-refractivity contribution in [3.8, 4) is 0 Å². The van der Waals surface area contributed by atoms with E-state index >= 15 is 0 Å². The summed E-state index contributed by atoms with van der Waals surface area (Å²) in [5.41, 5.74) is 1.37. The number of halogens is 1. The fourth-order valence-electron chi connectivity index (χ4n) is 2.90. The van der Waals surface area contributed by atoms with E-state index in [1.165, 1.54) is 8.86 Å². The van der Waals surface area contributed by atoms with E-state index in [2.05, 4.69) is 41.9 Å². The van der Waals surface area contributed by atoms with Crippen molar-refractivity contribution in [1.29, 1.82) is 0 Å². The van der Waals surface area contributed by atoms with Crippen molar-refractivity contribution in [2.75, 3.05) is 20.7 Å². The van der Waals surface area contributed by atoms with E-state index in [0.29, 0.717) is 6.54 Å². The van der Waals surface area contributed by atoms with Crippen LogP contribution in [0.25, 0.3) is 0 Å².